The molecule has 1 heterocycles. The summed E-state index contributed by atoms with van der Waals surface area (Å²) in [5.41, 5.74) is 1.08. The number of methoxy groups -OCH3 is 2. The van der Waals surface area contributed by atoms with Gasteiger partial charge in [-0.2, -0.15) is 4.39 Å². The van der Waals surface area contributed by atoms with E-state index < -0.39 is 5.82 Å². The summed E-state index contributed by atoms with van der Waals surface area (Å²) in [5, 5.41) is 3.35. The zero-order valence-corrected chi connectivity index (χ0v) is 10.3. The third-order valence-electron chi connectivity index (χ3n) is 3.24. The van der Waals surface area contributed by atoms with Crippen LogP contribution in [0.3, 0.4) is 0 Å². The molecule has 0 spiro atoms. The van der Waals surface area contributed by atoms with Crippen LogP contribution in [0.1, 0.15) is 24.3 Å². The van der Waals surface area contributed by atoms with Crippen LogP contribution < -0.4 is 14.8 Å². The number of piperidine rings is 1. The van der Waals surface area contributed by atoms with Gasteiger partial charge in [0.25, 0.3) is 0 Å². The average molecular weight is 239 g/mol. The number of hydrogen-bond acceptors (Lipinski definition) is 3. The largest absolute Gasteiger partial charge is 0.494 e. The van der Waals surface area contributed by atoms with Gasteiger partial charge in [0.2, 0.25) is 5.82 Å². The van der Waals surface area contributed by atoms with Gasteiger partial charge in [-0.3, -0.25) is 0 Å². The number of hydrogen-bond donors (Lipinski definition) is 1. The van der Waals surface area contributed by atoms with Crippen molar-refractivity contribution >= 4 is 0 Å². The Labute approximate surface area is 101 Å². The maximum absolute atomic E-state index is 13.8. The second-order valence-corrected chi connectivity index (χ2v) is 4.28. The summed E-state index contributed by atoms with van der Waals surface area (Å²) in [6, 6.07) is 3.55. The molecule has 0 saturated carbocycles. The molecule has 0 aromatic heterocycles. The lowest BCUT2D eigenvalue weighted by molar-refractivity contribution is 0.347. The van der Waals surface area contributed by atoms with Crippen molar-refractivity contribution < 1.29 is 13.9 Å². The van der Waals surface area contributed by atoms with Gasteiger partial charge in [0.05, 0.1) is 14.2 Å². The third-order valence-corrected chi connectivity index (χ3v) is 3.24. The summed E-state index contributed by atoms with van der Waals surface area (Å²) in [7, 11) is 2.95. The minimum absolute atomic E-state index is 0.255. The van der Waals surface area contributed by atoms with Crippen molar-refractivity contribution in [1.82, 2.24) is 5.32 Å². The average Bonchev–Trinajstić information content (AvgIpc) is 2.40. The standard InChI is InChI=1S/C13H18FNO2/c1-16-11-6-10(7-12(17-2)13(11)14)9-4-3-5-15-8-9/h6-7,9,15H,3-5,8H2,1-2H3. The topological polar surface area (TPSA) is 30.5 Å². The first kappa shape index (κ1) is 12.2. The summed E-state index contributed by atoms with van der Waals surface area (Å²) in [6.07, 6.45) is 2.26. The first-order valence-corrected chi connectivity index (χ1v) is 5.88. The molecule has 1 N–H and O–H groups in total. The molecule has 94 valence electrons. The maximum Gasteiger partial charge on any atom is 0.206 e. The van der Waals surface area contributed by atoms with Crippen molar-refractivity contribution in [2.24, 2.45) is 0 Å². The summed E-state index contributed by atoms with van der Waals surface area (Å²) < 4.78 is 23.8. The maximum atomic E-state index is 13.8. The van der Waals surface area contributed by atoms with Gasteiger partial charge in [-0.15, -0.1) is 0 Å². The Morgan fingerprint density at radius 3 is 2.35 bits per heavy atom. The molecule has 1 saturated heterocycles. The fourth-order valence-electron chi connectivity index (χ4n) is 2.26. The highest BCUT2D eigenvalue weighted by molar-refractivity contribution is 5.42. The van der Waals surface area contributed by atoms with Crippen LogP contribution in [0.2, 0.25) is 0 Å². The molecular weight excluding hydrogens is 221 g/mol. The van der Waals surface area contributed by atoms with Crippen molar-refractivity contribution in [3.05, 3.63) is 23.5 Å². The molecule has 1 fully saturated rings. The minimum atomic E-state index is -0.428. The van der Waals surface area contributed by atoms with Gasteiger partial charge in [0.1, 0.15) is 0 Å². The fraction of sp³-hybridized carbons (Fsp3) is 0.538. The second kappa shape index (κ2) is 5.36. The second-order valence-electron chi connectivity index (χ2n) is 4.28. The fourth-order valence-corrected chi connectivity index (χ4v) is 2.26. The van der Waals surface area contributed by atoms with E-state index in [2.05, 4.69) is 5.32 Å². The third kappa shape index (κ3) is 2.52. The summed E-state index contributed by atoms with van der Waals surface area (Å²) in [6.45, 7) is 1.99. The van der Waals surface area contributed by atoms with E-state index in [4.69, 9.17) is 9.47 Å². The predicted molar refractivity (Wildman–Crippen MR) is 64.3 cm³/mol. The Balaban J connectivity index is 2.33. The van der Waals surface area contributed by atoms with Crippen LogP contribution in [-0.2, 0) is 0 Å². The molecule has 1 aliphatic heterocycles. The summed E-state index contributed by atoms with van der Waals surface area (Å²) in [4.78, 5) is 0. The Bertz CT molecular complexity index is 364. The molecule has 3 nitrogen and oxygen atoms in total. The van der Waals surface area contributed by atoms with E-state index in [9.17, 15) is 4.39 Å². The van der Waals surface area contributed by atoms with Crippen molar-refractivity contribution in [3.63, 3.8) is 0 Å². The van der Waals surface area contributed by atoms with E-state index in [1.54, 1.807) is 12.1 Å². The molecule has 0 amide bonds. The number of benzene rings is 1. The molecule has 0 aliphatic carbocycles. The molecule has 1 aromatic carbocycles. The highest BCUT2D eigenvalue weighted by atomic mass is 19.1. The van der Waals surface area contributed by atoms with Crippen molar-refractivity contribution in [2.75, 3.05) is 27.3 Å². The van der Waals surface area contributed by atoms with E-state index >= 15 is 0 Å². The van der Waals surface area contributed by atoms with Crippen molar-refractivity contribution in [3.8, 4) is 11.5 Å². The molecule has 0 bridgehead atoms. The molecule has 2 rings (SSSR count). The highest BCUT2D eigenvalue weighted by Crippen LogP contribution is 2.33. The predicted octanol–water partition coefficient (Wildman–Crippen LogP) is 2.31. The Morgan fingerprint density at radius 1 is 1.24 bits per heavy atom. The van der Waals surface area contributed by atoms with Crippen LogP contribution >= 0.6 is 0 Å². The van der Waals surface area contributed by atoms with Crippen LogP contribution in [0, 0.1) is 5.82 Å². The van der Waals surface area contributed by atoms with Crippen LogP contribution in [-0.4, -0.2) is 27.3 Å². The van der Waals surface area contributed by atoms with Gasteiger partial charge in [-0.25, -0.2) is 0 Å². The van der Waals surface area contributed by atoms with Crippen molar-refractivity contribution in [2.45, 2.75) is 18.8 Å². The zero-order chi connectivity index (χ0) is 12.3. The molecule has 17 heavy (non-hydrogen) atoms. The Kier molecular flexibility index (Phi) is 3.84. The summed E-state index contributed by atoms with van der Waals surface area (Å²) >= 11 is 0. The molecule has 1 aliphatic rings. The quantitative estimate of drug-likeness (QED) is 0.878. The van der Waals surface area contributed by atoms with Crippen molar-refractivity contribution in [1.29, 1.82) is 0 Å². The Hall–Kier alpha value is -1.29. The highest BCUT2D eigenvalue weighted by Gasteiger charge is 2.19. The molecule has 1 atom stereocenters. The molecule has 4 heteroatoms. The van der Waals surface area contributed by atoms with E-state index in [0.717, 1.165) is 31.5 Å². The van der Waals surface area contributed by atoms with Crippen LogP contribution in [0.4, 0.5) is 4.39 Å². The number of rotatable bonds is 3. The van der Waals surface area contributed by atoms with Gasteiger partial charge in [-0.05, 0) is 43.0 Å². The number of ether oxygens (including phenoxy) is 2. The first-order chi connectivity index (χ1) is 8.26. The van der Waals surface area contributed by atoms with E-state index in [-0.39, 0.29) is 11.5 Å². The SMILES string of the molecule is COc1cc(C2CCCNC2)cc(OC)c1F. The molecular formula is C13H18FNO2. The monoisotopic (exact) mass is 239 g/mol. The lowest BCUT2D eigenvalue weighted by atomic mass is 9.91. The zero-order valence-electron chi connectivity index (χ0n) is 10.3. The van der Waals surface area contributed by atoms with Crippen LogP contribution in [0.5, 0.6) is 11.5 Å². The lowest BCUT2D eigenvalue weighted by Gasteiger charge is -2.24. The summed E-state index contributed by atoms with van der Waals surface area (Å²) in [5.74, 6) is 0.490. The van der Waals surface area contributed by atoms with E-state index in [0.29, 0.717) is 5.92 Å². The van der Waals surface area contributed by atoms with Gasteiger partial charge >= 0.3 is 0 Å². The minimum Gasteiger partial charge on any atom is -0.494 e. The van der Waals surface area contributed by atoms with E-state index in [1.165, 1.54) is 14.2 Å². The lowest BCUT2D eigenvalue weighted by Crippen LogP contribution is -2.28. The van der Waals surface area contributed by atoms with Crippen LogP contribution in [0.25, 0.3) is 0 Å². The number of halogens is 1. The van der Waals surface area contributed by atoms with Gasteiger partial charge in [0, 0.05) is 6.54 Å². The normalized spacial score (nSPS) is 20.1. The molecule has 1 unspecified atom stereocenters. The van der Waals surface area contributed by atoms with E-state index in [1.807, 2.05) is 0 Å². The van der Waals surface area contributed by atoms with Gasteiger partial charge < -0.3 is 14.8 Å². The Morgan fingerprint density at radius 2 is 1.88 bits per heavy atom. The number of nitrogens with one attached hydrogen (secondary N) is 1. The van der Waals surface area contributed by atoms with Gasteiger partial charge in [-0.1, -0.05) is 0 Å². The first-order valence-electron chi connectivity index (χ1n) is 5.88. The molecule has 0 radical (unpaired) electrons. The van der Waals surface area contributed by atoms with Gasteiger partial charge in [0.15, 0.2) is 11.5 Å². The van der Waals surface area contributed by atoms with Crippen LogP contribution in [0.15, 0.2) is 12.1 Å². The smallest absolute Gasteiger partial charge is 0.206 e. The molecule has 1 aromatic rings.